The summed E-state index contributed by atoms with van der Waals surface area (Å²) in [4.78, 5) is 12.1. The molecule has 6 nitrogen and oxygen atoms in total. The van der Waals surface area contributed by atoms with E-state index in [9.17, 15) is 9.90 Å². The summed E-state index contributed by atoms with van der Waals surface area (Å²) in [6.07, 6.45) is 1.62. The molecule has 32 heavy (non-hydrogen) atoms. The second-order valence-electron chi connectivity index (χ2n) is 7.69. The third-order valence-electron chi connectivity index (χ3n) is 5.43. The van der Waals surface area contributed by atoms with Crippen molar-refractivity contribution in [3.05, 3.63) is 89.0 Å². The fraction of sp³-hybridized carbons (Fsp3) is 0.231. The Hall–Kier alpha value is -3.98. The van der Waals surface area contributed by atoms with Crippen LogP contribution in [-0.2, 0) is 17.6 Å². The van der Waals surface area contributed by atoms with Crippen molar-refractivity contribution in [1.82, 2.24) is 0 Å². The minimum atomic E-state index is -1.03. The highest BCUT2D eigenvalue weighted by atomic mass is 16.5. The van der Waals surface area contributed by atoms with Crippen LogP contribution in [0.3, 0.4) is 0 Å². The minimum Gasteiger partial charge on any atom is -0.494 e. The molecule has 162 valence electrons. The maximum atomic E-state index is 12.1. The minimum absolute atomic E-state index is 0.00751. The zero-order chi connectivity index (χ0) is 22.5. The van der Waals surface area contributed by atoms with Crippen LogP contribution in [0.5, 0.6) is 11.5 Å². The van der Waals surface area contributed by atoms with Gasteiger partial charge >= 0.3 is 5.97 Å². The lowest BCUT2D eigenvalue weighted by atomic mass is 10.1. The van der Waals surface area contributed by atoms with Crippen LogP contribution in [0.2, 0.25) is 0 Å². The van der Waals surface area contributed by atoms with Gasteiger partial charge < -0.3 is 19.9 Å². The first-order valence-electron chi connectivity index (χ1n) is 10.6. The average molecular weight is 428 g/mol. The molecule has 6 heteroatoms. The first-order chi connectivity index (χ1) is 15.6. The van der Waals surface area contributed by atoms with Crippen LogP contribution in [0.15, 0.2) is 66.7 Å². The molecule has 0 fully saturated rings. The van der Waals surface area contributed by atoms with E-state index in [1.165, 1.54) is 11.1 Å². The van der Waals surface area contributed by atoms with Crippen molar-refractivity contribution in [3.63, 3.8) is 0 Å². The largest absolute Gasteiger partial charge is 0.494 e. The highest BCUT2D eigenvalue weighted by molar-refractivity contribution is 5.79. The maximum absolute atomic E-state index is 12.1. The number of hydrogen-bond donors (Lipinski definition) is 2. The molecule has 0 amide bonds. The molecule has 0 spiro atoms. The summed E-state index contributed by atoms with van der Waals surface area (Å²) in [5.74, 6) is 0.113. The predicted octanol–water partition coefficient (Wildman–Crippen LogP) is 4.74. The number of carboxylic acids is 1. The predicted molar refractivity (Wildman–Crippen MR) is 121 cm³/mol. The topological polar surface area (TPSA) is 91.6 Å². The number of rotatable bonds is 8. The number of nitrogens with one attached hydrogen (secondary N) is 1. The van der Waals surface area contributed by atoms with Gasteiger partial charge in [0.05, 0.1) is 18.2 Å². The number of nitriles is 1. The zero-order valence-electron chi connectivity index (χ0n) is 17.7. The zero-order valence-corrected chi connectivity index (χ0v) is 17.7. The first-order valence-corrected chi connectivity index (χ1v) is 10.6. The number of carbonyl (C=O) groups is 1. The molecular formula is C26H24N2O4. The normalized spacial score (nSPS) is 13.6. The molecule has 0 saturated carbocycles. The van der Waals surface area contributed by atoms with E-state index in [2.05, 4.69) is 23.5 Å². The van der Waals surface area contributed by atoms with Crippen LogP contribution < -0.4 is 14.8 Å². The summed E-state index contributed by atoms with van der Waals surface area (Å²) >= 11 is 0. The molecule has 3 aromatic carbocycles. The van der Waals surface area contributed by atoms with E-state index >= 15 is 0 Å². The molecule has 0 heterocycles. The van der Waals surface area contributed by atoms with Gasteiger partial charge in [-0.2, -0.15) is 5.26 Å². The Kier molecular flexibility index (Phi) is 6.27. The SMILES string of the molecule is CCOc1cc(OC2Cc3ccccc3C2)cc(C(Nc2ccc(C#N)cc2)C(=O)O)c1. The summed E-state index contributed by atoms with van der Waals surface area (Å²) in [7, 11) is 0. The van der Waals surface area contributed by atoms with Gasteiger partial charge in [-0.15, -0.1) is 0 Å². The van der Waals surface area contributed by atoms with Crippen molar-refractivity contribution in [1.29, 1.82) is 5.26 Å². The van der Waals surface area contributed by atoms with E-state index < -0.39 is 12.0 Å². The quantitative estimate of drug-likeness (QED) is 0.538. The van der Waals surface area contributed by atoms with Gasteiger partial charge in [0.15, 0.2) is 6.04 Å². The molecule has 1 atom stereocenters. The number of anilines is 1. The van der Waals surface area contributed by atoms with Gasteiger partial charge in [-0.1, -0.05) is 24.3 Å². The van der Waals surface area contributed by atoms with Crippen LogP contribution in [0.1, 0.15) is 35.2 Å². The van der Waals surface area contributed by atoms with Crippen LogP contribution in [-0.4, -0.2) is 23.8 Å². The average Bonchev–Trinajstić information content (AvgIpc) is 3.20. The second-order valence-corrected chi connectivity index (χ2v) is 7.69. The molecule has 3 aromatic rings. The number of fused-ring (bicyclic) bond motifs is 1. The van der Waals surface area contributed by atoms with Gasteiger partial charge in [0, 0.05) is 24.6 Å². The molecule has 1 aliphatic rings. The summed E-state index contributed by atoms with van der Waals surface area (Å²) in [5.41, 5.74) is 4.20. The second kappa shape index (κ2) is 9.44. The Morgan fingerprint density at radius 2 is 1.75 bits per heavy atom. The summed E-state index contributed by atoms with van der Waals surface area (Å²) in [5, 5.41) is 21.9. The lowest BCUT2D eigenvalue weighted by Gasteiger charge is -2.20. The highest BCUT2D eigenvalue weighted by Crippen LogP contribution is 2.32. The van der Waals surface area contributed by atoms with Crippen LogP contribution in [0.25, 0.3) is 0 Å². The first kappa shape index (κ1) is 21.3. The van der Waals surface area contributed by atoms with E-state index in [0.717, 1.165) is 12.8 Å². The van der Waals surface area contributed by atoms with E-state index in [4.69, 9.17) is 14.7 Å². The standard InChI is InChI=1S/C26H24N2O4/c1-2-31-22-13-20(25(26(29)30)28-21-9-7-17(16-27)8-10-21)14-24(15-22)32-23-11-18-5-3-4-6-19(18)12-23/h3-10,13-15,23,25,28H,2,11-12H2,1H3,(H,29,30). The molecule has 0 aromatic heterocycles. The fourth-order valence-electron chi connectivity index (χ4n) is 3.97. The third kappa shape index (κ3) is 4.84. The molecule has 1 unspecified atom stereocenters. The van der Waals surface area contributed by atoms with Crippen molar-refractivity contribution in [3.8, 4) is 17.6 Å². The monoisotopic (exact) mass is 428 g/mol. The molecule has 0 bridgehead atoms. The summed E-state index contributed by atoms with van der Waals surface area (Å²) in [6.45, 7) is 2.34. The summed E-state index contributed by atoms with van der Waals surface area (Å²) < 4.78 is 11.9. The van der Waals surface area contributed by atoms with Crippen molar-refractivity contribution in [2.45, 2.75) is 31.9 Å². The molecule has 0 saturated heterocycles. The van der Waals surface area contributed by atoms with Crippen molar-refractivity contribution < 1.29 is 19.4 Å². The Bertz CT molecular complexity index is 1130. The number of carboxylic acid groups (broad SMARTS) is 1. The molecular weight excluding hydrogens is 404 g/mol. The number of aliphatic carboxylic acids is 1. The molecule has 0 aliphatic heterocycles. The molecule has 0 radical (unpaired) electrons. The van der Waals surface area contributed by atoms with Crippen LogP contribution in [0, 0.1) is 11.3 Å². The highest BCUT2D eigenvalue weighted by Gasteiger charge is 2.25. The van der Waals surface area contributed by atoms with Crippen molar-refractivity contribution >= 4 is 11.7 Å². The van der Waals surface area contributed by atoms with Crippen molar-refractivity contribution in [2.24, 2.45) is 0 Å². The molecule has 1 aliphatic carbocycles. The van der Waals surface area contributed by atoms with Gasteiger partial charge in [0.25, 0.3) is 0 Å². The Morgan fingerprint density at radius 1 is 1.09 bits per heavy atom. The maximum Gasteiger partial charge on any atom is 0.330 e. The van der Waals surface area contributed by atoms with Gasteiger partial charge in [-0.3, -0.25) is 0 Å². The number of benzene rings is 3. The Labute approximate surface area is 187 Å². The smallest absolute Gasteiger partial charge is 0.330 e. The number of nitrogens with zero attached hydrogens (tertiary/aromatic N) is 1. The lowest BCUT2D eigenvalue weighted by molar-refractivity contribution is -0.138. The van der Waals surface area contributed by atoms with E-state index in [1.54, 1.807) is 42.5 Å². The van der Waals surface area contributed by atoms with Gasteiger partial charge in [0.2, 0.25) is 0 Å². The van der Waals surface area contributed by atoms with Crippen LogP contribution >= 0.6 is 0 Å². The van der Waals surface area contributed by atoms with E-state index in [0.29, 0.717) is 34.9 Å². The fourth-order valence-corrected chi connectivity index (χ4v) is 3.97. The Balaban J connectivity index is 1.59. The van der Waals surface area contributed by atoms with Crippen molar-refractivity contribution in [2.75, 3.05) is 11.9 Å². The van der Waals surface area contributed by atoms with Gasteiger partial charge in [-0.05, 0) is 60.0 Å². The Morgan fingerprint density at radius 3 is 2.34 bits per heavy atom. The molecule has 4 rings (SSSR count). The number of hydrogen-bond acceptors (Lipinski definition) is 5. The van der Waals surface area contributed by atoms with E-state index in [1.807, 2.05) is 19.1 Å². The third-order valence-corrected chi connectivity index (χ3v) is 5.43. The van der Waals surface area contributed by atoms with Gasteiger partial charge in [-0.25, -0.2) is 4.79 Å². The lowest BCUT2D eigenvalue weighted by Crippen LogP contribution is -2.21. The van der Waals surface area contributed by atoms with Crippen LogP contribution in [0.4, 0.5) is 5.69 Å². The van der Waals surface area contributed by atoms with Gasteiger partial charge in [0.1, 0.15) is 17.6 Å². The number of ether oxygens (including phenoxy) is 2. The molecule has 2 N–H and O–H groups in total. The summed E-state index contributed by atoms with van der Waals surface area (Å²) in [6, 6.07) is 21.3. The van der Waals surface area contributed by atoms with E-state index in [-0.39, 0.29) is 6.10 Å².